The maximum atomic E-state index is 12.6. The summed E-state index contributed by atoms with van der Waals surface area (Å²) in [5.74, 6) is -0.344. The van der Waals surface area contributed by atoms with Crippen molar-refractivity contribution < 1.29 is 19.1 Å². The van der Waals surface area contributed by atoms with Crippen molar-refractivity contribution in [1.82, 2.24) is 4.90 Å². The fraction of sp³-hybridized carbons (Fsp3) is 0.318. The third kappa shape index (κ3) is 5.57. The average Bonchev–Trinajstić information content (AvgIpc) is 2.77. The van der Waals surface area contributed by atoms with E-state index in [4.69, 9.17) is 4.74 Å². The number of carbonyl (C=O) groups excluding carboxylic acids is 3. The number of anilines is 3. The lowest BCUT2D eigenvalue weighted by atomic mass is 10.1. The normalized spacial score (nSPS) is 13.5. The van der Waals surface area contributed by atoms with Gasteiger partial charge in [0.15, 0.2) is 0 Å². The molecule has 0 saturated carbocycles. The Morgan fingerprint density at radius 3 is 2.40 bits per heavy atom. The Bertz CT molecular complexity index is 908. The minimum Gasteiger partial charge on any atom is -0.378 e. The highest BCUT2D eigenvalue weighted by Crippen LogP contribution is 2.17. The van der Waals surface area contributed by atoms with Crippen LogP contribution >= 0.6 is 0 Å². The second-order valence-electron chi connectivity index (χ2n) is 7.01. The number of rotatable bonds is 6. The molecule has 30 heavy (non-hydrogen) atoms. The highest BCUT2D eigenvalue weighted by atomic mass is 16.5. The highest BCUT2D eigenvalue weighted by molar-refractivity contribution is 5.98. The summed E-state index contributed by atoms with van der Waals surface area (Å²) in [6.45, 7) is 3.80. The SMILES string of the molecule is CC(=O)N(C)c1ccc(NCC(=O)Nc2cccc(C(=O)N3CCOCC3)c2)cc1. The van der Waals surface area contributed by atoms with Crippen molar-refractivity contribution in [2.75, 3.05) is 55.4 Å². The average molecular weight is 410 g/mol. The van der Waals surface area contributed by atoms with Crippen LogP contribution < -0.4 is 15.5 Å². The first-order valence-corrected chi connectivity index (χ1v) is 9.79. The molecule has 3 rings (SSSR count). The smallest absolute Gasteiger partial charge is 0.254 e. The van der Waals surface area contributed by atoms with Crippen LogP contribution in [0.2, 0.25) is 0 Å². The Morgan fingerprint density at radius 2 is 1.73 bits per heavy atom. The predicted molar refractivity (Wildman–Crippen MR) is 116 cm³/mol. The molecule has 0 radical (unpaired) electrons. The topological polar surface area (TPSA) is 91.0 Å². The van der Waals surface area contributed by atoms with Gasteiger partial charge in [0, 0.05) is 49.7 Å². The van der Waals surface area contributed by atoms with E-state index in [0.29, 0.717) is 37.6 Å². The molecule has 0 unspecified atom stereocenters. The van der Waals surface area contributed by atoms with Gasteiger partial charge in [-0.05, 0) is 42.5 Å². The number of nitrogens with one attached hydrogen (secondary N) is 2. The number of amides is 3. The standard InChI is InChI=1S/C22H26N4O4/c1-16(27)25(2)20-8-6-18(7-9-20)23-15-21(28)24-19-5-3-4-17(14-19)22(29)26-10-12-30-13-11-26/h3-9,14,23H,10-13,15H2,1-2H3,(H,24,28). The second-order valence-corrected chi connectivity index (χ2v) is 7.01. The van der Waals surface area contributed by atoms with Gasteiger partial charge in [-0.3, -0.25) is 14.4 Å². The van der Waals surface area contributed by atoms with Gasteiger partial charge in [0.25, 0.3) is 5.91 Å². The van der Waals surface area contributed by atoms with Crippen molar-refractivity contribution in [3.63, 3.8) is 0 Å². The molecule has 0 aromatic heterocycles. The van der Waals surface area contributed by atoms with Gasteiger partial charge in [0.2, 0.25) is 11.8 Å². The van der Waals surface area contributed by atoms with Crippen molar-refractivity contribution >= 4 is 34.8 Å². The van der Waals surface area contributed by atoms with Gasteiger partial charge in [-0.1, -0.05) is 6.07 Å². The molecule has 0 spiro atoms. The van der Waals surface area contributed by atoms with E-state index in [1.54, 1.807) is 41.1 Å². The van der Waals surface area contributed by atoms with Crippen LogP contribution in [-0.2, 0) is 14.3 Å². The zero-order valence-corrected chi connectivity index (χ0v) is 17.2. The van der Waals surface area contributed by atoms with Crippen molar-refractivity contribution in [3.8, 4) is 0 Å². The highest BCUT2D eigenvalue weighted by Gasteiger charge is 2.18. The van der Waals surface area contributed by atoms with Crippen LogP contribution in [-0.4, -0.2) is 62.5 Å². The van der Waals surface area contributed by atoms with E-state index >= 15 is 0 Å². The van der Waals surface area contributed by atoms with Gasteiger partial charge in [-0.25, -0.2) is 0 Å². The molecule has 8 nitrogen and oxygen atoms in total. The molecule has 158 valence electrons. The first-order valence-electron chi connectivity index (χ1n) is 9.79. The van der Waals surface area contributed by atoms with E-state index in [9.17, 15) is 14.4 Å². The Kier molecular flexibility index (Phi) is 7.03. The monoisotopic (exact) mass is 410 g/mol. The molecule has 1 aliphatic rings. The third-order valence-electron chi connectivity index (χ3n) is 4.87. The molecule has 2 N–H and O–H groups in total. The molecule has 1 aliphatic heterocycles. The van der Waals surface area contributed by atoms with Crippen molar-refractivity contribution in [3.05, 3.63) is 54.1 Å². The molecule has 0 bridgehead atoms. The molecule has 8 heteroatoms. The van der Waals surface area contributed by atoms with E-state index in [-0.39, 0.29) is 24.3 Å². The largest absolute Gasteiger partial charge is 0.378 e. The third-order valence-corrected chi connectivity index (χ3v) is 4.87. The van der Waals surface area contributed by atoms with Crippen LogP contribution in [0, 0.1) is 0 Å². The Balaban J connectivity index is 1.53. The number of hydrogen-bond donors (Lipinski definition) is 2. The van der Waals surface area contributed by atoms with Crippen LogP contribution in [0.15, 0.2) is 48.5 Å². The molecule has 1 saturated heterocycles. The van der Waals surface area contributed by atoms with Crippen molar-refractivity contribution in [1.29, 1.82) is 0 Å². The van der Waals surface area contributed by atoms with Crippen LogP contribution in [0.25, 0.3) is 0 Å². The van der Waals surface area contributed by atoms with Gasteiger partial charge in [-0.15, -0.1) is 0 Å². The van der Waals surface area contributed by atoms with E-state index in [2.05, 4.69) is 10.6 Å². The summed E-state index contributed by atoms with van der Waals surface area (Å²) in [6, 6.07) is 14.2. The van der Waals surface area contributed by atoms with Crippen LogP contribution in [0.1, 0.15) is 17.3 Å². The molecule has 3 amide bonds. The molecule has 1 heterocycles. The zero-order valence-electron chi connectivity index (χ0n) is 17.2. The lowest BCUT2D eigenvalue weighted by Gasteiger charge is -2.27. The zero-order chi connectivity index (χ0) is 21.5. The number of hydrogen-bond acceptors (Lipinski definition) is 5. The molecule has 2 aromatic rings. The molecule has 0 atom stereocenters. The molecular weight excluding hydrogens is 384 g/mol. The van der Waals surface area contributed by atoms with Gasteiger partial charge in [-0.2, -0.15) is 0 Å². The molecule has 2 aromatic carbocycles. The minimum absolute atomic E-state index is 0.0515. The Hall–Kier alpha value is -3.39. The van der Waals surface area contributed by atoms with Crippen molar-refractivity contribution in [2.45, 2.75) is 6.92 Å². The summed E-state index contributed by atoms with van der Waals surface area (Å²) in [4.78, 5) is 39.6. The number of carbonyl (C=O) groups is 3. The Labute approximate surface area is 175 Å². The number of ether oxygens (including phenoxy) is 1. The summed E-state index contributed by atoms with van der Waals surface area (Å²) in [5.41, 5.74) is 2.65. The number of morpholine rings is 1. The van der Waals surface area contributed by atoms with E-state index in [0.717, 1.165) is 11.4 Å². The van der Waals surface area contributed by atoms with E-state index in [1.807, 2.05) is 24.3 Å². The minimum atomic E-state index is -0.226. The summed E-state index contributed by atoms with van der Waals surface area (Å²) in [6.07, 6.45) is 0. The van der Waals surface area contributed by atoms with E-state index in [1.165, 1.54) is 6.92 Å². The maximum Gasteiger partial charge on any atom is 0.254 e. The van der Waals surface area contributed by atoms with E-state index < -0.39 is 0 Å². The van der Waals surface area contributed by atoms with Gasteiger partial charge < -0.3 is 25.2 Å². The lowest BCUT2D eigenvalue weighted by molar-refractivity contribution is -0.116. The molecular formula is C22H26N4O4. The summed E-state index contributed by atoms with van der Waals surface area (Å²) in [7, 11) is 1.70. The summed E-state index contributed by atoms with van der Waals surface area (Å²) < 4.78 is 5.28. The van der Waals surface area contributed by atoms with Gasteiger partial charge in [0.1, 0.15) is 0 Å². The lowest BCUT2D eigenvalue weighted by Crippen LogP contribution is -2.40. The first-order chi connectivity index (χ1) is 14.4. The van der Waals surface area contributed by atoms with Crippen LogP contribution in [0.4, 0.5) is 17.1 Å². The fourth-order valence-corrected chi connectivity index (χ4v) is 3.05. The molecule has 0 aliphatic carbocycles. The Morgan fingerprint density at radius 1 is 1.03 bits per heavy atom. The number of benzene rings is 2. The maximum absolute atomic E-state index is 12.6. The quantitative estimate of drug-likeness (QED) is 0.762. The summed E-state index contributed by atoms with van der Waals surface area (Å²) >= 11 is 0. The van der Waals surface area contributed by atoms with Crippen molar-refractivity contribution in [2.24, 2.45) is 0 Å². The molecule has 1 fully saturated rings. The van der Waals surface area contributed by atoms with Crippen LogP contribution in [0.5, 0.6) is 0 Å². The first kappa shape index (κ1) is 21.3. The second kappa shape index (κ2) is 9.89. The predicted octanol–water partition coefficient (Wildman–Crippen LogP) is 2.19. The summed E-state index contributed by atoms with van der Waals surface area (Å²) in [5, 5.41) is 5.85. The van der Waals surface area contributed by atoms with Gasteiger partial charge >= 0.3 is 0 Å². The van der Waals surface area contributed by atoms with Crippen LogP contribution in [0.3, 0.4) is 0 Å². The van der Waals surface area contributed by atoms with Gasteiger partial charge in [0.05, 0.1) is 19.8 Å². The fourth-order valence-electron chi connectivity index (χ4n) is 3.05. The number of nitrogens with zero attached hydrogens (tertiary/aromatic N) is 2.